The number of carbonyl (C=O) groups excluding carboxylic acids is 1. The van der Waals surface area contributed by atoms with Gasteiger partial charge in [-0.05, 0) is 18.2 Å². The smallest absolute Gasteiger partial charge is 0.203 e. The van der Waals surface area contributed by atoms with Crippen molar-refractivity contribution >= 4 is 17.2 Å². The SMILES string of the molecule is COc1cc(C2=Nc3cc(O)cc(O)c3C(=O)C2O)ccc1O. The number of ether oxygens (including phenoxy) is 1. The van der Waals surface area contributed by atoms with Gasteiger partial charge in [-0.25, -0.2) is 4.99 Å². The number of methoxy groups -OCH3 is 1. The summed E-state index contributed by atoms with van der Waals surface area (Å²) < 4.78 is 4.99. The van der Waals surface area contributed by atoms with Crippen LogP contribution in [0, 0.1) is 0 Å². The van der Waals surface area contributed by atoms with Crippen molar-refractivity contribution in [3.63, 3.8) is 0 Å². The standard InChI is InChI=1S/C16H13NO6/c1-23-12-4-7(2-3-10(12)19)14-16(22)15(21)13-9(17-14)5-8(18)6-11(13)20/h2-6,16,18-20,22H,1H3. The first-order chi connectivity index (χ1) is 10.9. The summed E-state index contributed by atoms with van der Waals surface area (Å²) in [4.78, 5) is 16.5. The van der Waals surface area contributed by atoms with Gasteiger partial charge in [-0.3, -0.25) is 4.79 Å². The highest BCUT2D eigenvalue weighted by Crippen LogP contribution is 2.38. The Labute approximate surface area is 130 Å². The van der Waals surface area contributed by atoms with E-state index in [1.54, 1.807) is 0 Å². The van der Waals surface area contributed by atoms with Gasteiger partial charge in [0.05, 0.1) is 24.1 Å². The lowest BCUT2D eigenvalue weighted by Gasteiger charge is -2.21. The van der Waals surface area contributed by atoms with Gasteiger partial charge in [0.15, 0.2) is 17.6 Å². The molecule has 7 nitrogen and oxygen atoms in total. The van der Waals surface area contributed by atoms with Crippen molar-refractivity contribution in [1.82, 2.24) is 0 Å². The summed E-state index contributed by atoms with van der Waals surface area (Å²) in [5, 5.41) is 39.2. The van der Waals surface area contributed by atoms with Gasteiger partial charge >= 0.3 is 0 Å². The number of nitrogens with zero attached hydrogens (tertiary/aromatic N) is 1. The third-order valence-corrected chi connectivity index (χ3v) is 3.55. The minimum atomic E-state index is -1.58. The second-order valence-electron chi connectivity index (χ2n) is 5.01. The molecule has 23 heavy (non-hydrogen) atoms. The molecule has 2 aromatic carbocycles. The molecule has 0 spiro atoms. The van der Waals surface area contributed by atoms with Gasteiger partial charge in [0.1, 0.15) is 11.5 Å². The lowest BCUT2D eigenvalue weighted by Crippen LogP contribution is -2.33. The lowest BCUT2D eigenvalue weighted by atomic mass is 9.92. The number of benzene rings is 2. The number of hydrogen-bond donors (Lipinski definition) is 4. The molecular weight excluding hydrogens is 302 g/mol. The lowest BCUT2D eigenvalue weighted by molar-refractivity contribution is 0.0839. The Morgan fingerprint density at radius 1 is 1.09 bits per heavy atom. The number of aliphatic hydroxyl groups is 1. The molecule has 1 unspecified atom stereocenters. The number of fused-ring (bicyclic) bond motifs is 1. The highest BCUT2D eigenvalue weighted by atomic mass is 16.5. The molecule has 0 amide bonds. The van der Waals surface area contributed by atoms with Crippen LogP contribution in [0.1, 0.15) is 15.9 Å². The van der Waals surface area contributed by atoms with Gasteiger partial charge in [-0.1, -0.05) is 0 Å². The molecule has 3 rings (SSSR count). The highest BCUT2D eigenvalue weighted by molar-refractivity contribution is 6.26. The average Bonchev–Trinajstić information content (AvgIpc) is 2.50. The van der Waals surface area contributed by atoms with E-state index in [0.717, 1.165) is 6.07 Å². The minimum Gasteiger partial charge on any atom is -0.508 e. The number of phenols is 3. The predicted molar refractivity (Wildman–Crippen MR) is 81.0 cm³/mol. The van der Waals surface area contributed by atoms with Gasteiger partial charge in [0, 0.05) is 17.7 Å². The van der Waals surface area contributed by atoms with Crippen molar-refractivity contribution in [3.8, 4) is 23.0 Å². The van der Waals surface area contributed by atoms with Crippen molar-refractivity contribution in [1.29, 1.82) is 0 Å². The Kier molecular flexibility index (Phi) is 3.42. The molecule has 0 saturated heterocycles. The summed E-state index contributed by atoms with van der Waals surface area (Å²) in [6.45, 7) is 0. The summed E-state index contributed by atoms with van der Waals surface area (Å²) in [6.07, 6.45) is -1.58. The molecule has 0 aromatic heterocycles. The largest absolute Gasteiger partial charge is 0.508 e. The monoisotopic (exact) mass is 315 g/mol. The van der Waals surface area contributed by atoms with Crippen molar-refractivity contribution in [2.45, 2.75) is 6.10 Å². The number of aliphatic imine (C=N–C) groups is 1. The van der Waals surface area contributed by atoms with E-state index >= 15 is 0 Å². The van der Waals surface area contributed by atoms with Gasteiger partial charge in [0.2, 0.25) is 5.78 Å². The van der Waals surface area contributed by atoms with Crippen molar-refractivity contribution in [2.24, 2.45) is 4.99 Å². The fourth-order valence-electron chi connectivity index (χ4n) is 2.45. The van der Waals surface area contributed by atoms with Gasteiger partial charge in [0.25, 0.3) is 0 Å². The Hall–Kier alpha value is -3.06. The number of aliphatic hydroxyl groups excluding tert-OH is 1. The molecule has 1 aliphatic rings. The summed E-state index contributed by atoms with van der Waals surface area (Å²) in [5.41, 5.74) is 0.310. The van der Waals surface area contributed by atoms with Crippen molar-refractivity contribution in [3.05, 3.63) is 41.5 Å². The number of ketones is 1. The molecule has 7 heteroatoms. The Balaban J connectivity index is 2.19. The topological polar surface area (TPSA) is 120 Å². The van der Waals surface area contributed by atoms with E-state index in [0.29, 0.717) is 5.56 Å². The summed E-state index contributed by atoms with van der Waals surface area (Å²) in [6, 6.07) is 6.48. The number of carbonyl (C=O) groups is 1. The second-order valence-corrected chi connectivity index (χ2v) is 5.01. The van der Waals surface area contributed by atoms with Crippen LogP contribution in [0.2, 0.25) is 0 Å². The number of aromatic hydroxyl groups is 3. The summed E-state index contributed by atoms with van der Waals surface area (Å²) >= 11 is 0. The molecule has 1 aliphatic heterocycles. The molecule has 0 bridgehead atoms. The summed E-state index contributed by atoms with van der Waals surface area (Å²) in [5.74, 6) is -1.36. The van der Waals surface area contributed by atoms with E-state index in [4.69, 9.17) is 4.74 Å². The Morgan fingerprint density at radius 2 is 1.83 bits per heavy atom. The zero-order chi connectivity index (χ0) is 16.7. The van der Waals surface area contributed by atoms with Crippen LogP contribution in [0.5, 0.6) is 23.0 Å². The maximum Gasteiger partial charge on any atom is 0.203 e. The van der Waals surface area contributed by atoms with E-state index in [9.17, 15) is 25.2 Å². The molecule has 118 valence electrons. The zero-order valence-corrected chi connectivity index (χ0v) is 12.0. The Morgan fingerprint density at radius 3 is 2.52 bits per heavy atom. The molecule has 2 aromatic rings. The highest BCUT2D eigenvalue weighted by Gasteiger charge is 2.33. The molecule has 1 heterocycles. The first-order valence-corrected chi connectivity index (χ1v) is 6.66. The second kappa shape index (κ2) is 5.29. The predicted octanol–water partition coefficient (Wildman–Crippen LogP) is 1.49. The summed E-state index contributed by atoms with van der Waals surface area (Å²) in [7, 11) is 1.37. The van der Waals surface area contributed by atoms with Gasteiger partial charge in [-0.15, -0.1) is 0 Å². The van der Waals surface area contributed by atoms with E-state index in [1.807, 2.05) is 0 Å². The number of rotatable bonds is 2. The third-order valence-electron chi connectivity index (χ3n) is 3.55. The van der Waals surface area contributed by atoms with E-state index in [2.05, 4.69) is 4.99 Å². The molecular formula is C16H13NO6. The van der Waals surface area contributed by atoms with Crippen LogP contribution in [-0.4, -0.2) is 45.1 Å². The van der Waals surface area contributed by atoms with Crippen LogP contribution in [-0.2, 0) is 0 Å². The normalized spacial score (nSPS) is 16.7. The molecule has 0 aliphatic carbocycles. The van der Waals surface area contributed by atoms with Crippen molar-refractivity contribution < 1.29 is 30.0 Å². The van der Waals surface area contributed by atoms with Gasteiger partial charge < -0.3 is 25.2 Å². The van der Waals surface area contributed by atoms with Crippen LogP contribution in [0.3, 0.4) is 0 Å². The van der Waals surface area contributed by atoms with Crippen molar-refractivity contribution in [2.75, 3.05) is 7.11 Å². The quantitative estimate of drug-likeness (QED) is 0.666. The van der Waals surface area contributed by atoms with Crippen LogP contribution < -0.4 is 4.74 Å². The molecule has 1 atom stereocenters. The first-order valence-electron chi connectivity index (χ1n) is 6.66. The van der Waals surface area contributed by atoms with E-state index in [-0.39, 0.29) is 34.2 Å². The fourth-order valence-corrected chi connectivity index (χ4v) is 2.45. The van der Waals surface area contributed by atoms with Gasteiger partial charge in [-0.2, -0.15) is 0 Å². The first kappa shape index (κ1) is 14.9. The van der Waals surface area contributed by atoms with Crippen LogP contribution in [0.4, 0.5) is 5.69 Å². The molecule has 0 radical (unpaired) electrons. The zero-order valence-electron chi connectivity index (χ0n) is 12.0. The molecule has 4 N–H and O–H groups in total. The number of hydrogen-bond acceptors (Lipinski definition) is 7. The van der Waals surface area contributed by atoms with Crippen LogP contribution in [0.15, 0.2) is 35.3 Å². The molecule has 0 fully saturated rings. The fraction of sp³-hybridized carbons (Fsp3) is 0.125. The maximum atomic E-state index is 12.3. The third kappa shape index (κ3) is 2.36. The van der Waals surface area contributed by atoms with E-state index < -0.39 is 17.6 Å². The Bertz CT molecular complexity index is 843. The maximum absolute atomic E-state index is 12.3. The number of phenolic OH excluding ortho intramolecular Hbond substituents is 3. The number of Topliss-reactive ketones (excluding diaryl/α,β-unsaturated/α-hetero) is 1. The van der Waals surface area contributed by atoms with Crippen LogP contribution in [0.25, 0.3) is 0 Å². The van der Waals surface area contributed by atoms with Crippen LogP contribution >= 0.6 is 0 Å². The average molecular weight is 315 g/mol. The minimum absolute atomic E-state index is 0.0331. The molecule has 0 saturated carbocycles. The van der Waals surface area contributed by atoms with E-state index in [1.165, 1.54) is 31.4 Å².